The summed E-state index contributed by atoms with van der Waals surface area (Å²) in [6.07, 6.45) is 0. The van der Waals surface area contributed by atoms with Crippen molar-refractivity contribution in [2.75, 3.05) is 0 Å². The lowest BCUT2D eigenvalue weighted by Crippen LogP contribution is -1.91. The first kappa shape index (κ1) is 27.7. The fourth-order valence-electron chi connectivity index (χ4n) is 7.74. The molecule has 0 unspecified atom stereocenters. The van der Waals surface area contributed by atoms with Crippen LogP contribution in [0, 0.1) is 0 Å². The van der Waals surface area contributed by atoms with E-state index in [4.69, 9.17) is 4.42 Å². The highest BCUT2D eigenvalue weighted by Gasteiger charge is 2.17. The van der Waals surface area contributed by atoms with E-state index in [1.807, 2.05) is 12.1 Å². The Labute approximate surface area is 284 Å². The minimum atomic E-state index is 0.919. The molecule has 1 heterocycles. The molecule has 0 radical (unpaired) electrons. The minimum Gasteiger partial charge on any atom is -0.455 e. The number of fused-ring (bicyclic) bond motifs is 6. The second kappa shape index (κ2) is 11.1. The number of furan rings is 1. The van der Waals surface area contributed by atoms with Crippen LogP contribution in [-0.4, -0.2) is 0 Å². The molecule has 9 aromatic carbocycles. The molecule has 10 rings (SSSR count). The topological polar surface area (TPSA) is 13.1 Å². The quantitative estimate of drug-likeness (QED) is 0.178. The Bertz CT molecular complexity index is 2800. The van der Waals surface area contributed by atoms with E-state index in [0.717, 1.165) is 33.1 Å². The third-order valence-electron chi connectivity index (χ3n) is 10.1. The van der Waals surface area contributed by atoms with Crippen molar-refractivity contribution in [1.29, 1.82) is 0 Å². The number of hydrogen-bond donors (Lipinski definition) is 0. The van der Waals surface area contributed by atoms with Gasteiger partial charge < -0.3 is 4.42 Å². The Morgan fingerprint density at radius 2 is 0.755 bits per heavy atom. The second-order valence-corrected chi connectivity index (χ2v) is 12.8. The lowest BCUT2D eigenvalue weighted by Gasteiger charge is -2.18. The highest BCUT2D eigenvalue weighted by molar-refractivity contribution is 6.21. The van der Waals surface area contributed by atoms with E-state index < -0.39 is 0 Å². The van der Waals surface area contributed by atoms with Gasteiger partial charge in [-0.3, -0.25) is 0 Å². The van der Waals surface area contributed by atoms with Crippen LogP contribution in [0.5, 0.6) is 0 Å². The Kier molecular flexibility index (Phi) is 6.25. The van der Waals surface area contributed by atoms with Gasteiger partial charge in [0.2, 0.25) is 0 Å². The van der Waals surface area contributed by atoms with E-state index in [9.17, 15) is 0 Å². The van der Waals surface area contributed by atoms with Gasteiger partial charge in [-0.2, -0.15) is 0 Å². The molecular formula is C48H30O. The van der Waals surface area contributed by atoms with Crippen LogP contribution >= 0.6 is 0 Å². The van der Waals surface area contributed by atoms with Gasteiger partial charge in [0.15, 0.2) is 0 Å². The van der Waals surface area contributed by atoms with Gasteiger partial charge in [0, 0.05) is 16.3 Å². The van der Waals surface area contributed by atoms with Crippen molar-refractivity contribution in [2.45, 2.75) is 0 Å². The summed E-state index contributed by atoms with van der Waals surface area (Å²) in [5, 5.41) is 9.84. The fraction of sp³-hybridized carbons (Fsp3) is 0. The summed E-state index contributed by atoms with van der Waals surface area (Å²) in [5.41, 5.74) is 11.5. The molecule has 49 heavy (non-hydrogen) atoms. The Balaban J connectivity index is 1.10. The maximum absolute atomic E-state index is 6.37. The SMILES string of the molecule is c1ccc2cc(-c3ccc(-c4c5ccccc5c(-c5ccc(-c6cccc7c6oc6ccccc67)cc5)c5ccccc45)cc3)ccc2c1. The molecule has 0 atom stereocenters. The normalized spacial score (nSPS) is 11.7. The second-order valence-electron chi connectivity index (χ2n) is 12.8. The molecule has 1 nitrogen and oxygen atoms in total. The zero-order valence-electron chi connectivity index (χ0n) is 26.7. The maximum Gasteiger partial charge on any atom is 0.143 e. The molecule has 1 heteroatoms. The molecule has 10 aromatic rings. The molecular weight excluding hydrogens is 593 g/mol. The highest BCUT2D eigenvalue weighted by Crippen LogP contribution is 2.44. The lowest BCUT2D eigenvalue weighted by molar-refractivity contribution is 0.670. The van der Waals surface area contributed by atoms with Crippen molar-refractivity contribution in [3.63, 3.8) is 0 Å². The van der Waals surface area contributed by atoms with Crippen LogP contribution < -0.4 is 0 Å². The zero-order valence-corrected chi connectivity index (χ0v) is 26.7. The van der Waals surface area contributed by atoms with Gasteiger partial charge in [-0.05, 0) is 83.4 Å². The summed E-state index contributed by atoms with van der Waals surface area (Å²) in [6, 6.07) is 65.8. The van der Waals surface area contributed by atoms with Crippen LogP contribution in [0.25, 0.3) is 98.8 Å². The summed E-state index contributed by atoms with van der Waals surface area (Å²) in [6.45, 7) is 0. The third kappa shape index (κ3) is 4.47. The van der Waals surface area contributed by atoms with Crippen LogP contribution in [0.2, 0.25) is 0 Å². The van der Waals surface area contributed by atoms with E-state index >= 15 is 0 Å². The fourth-order valence-corrected chi connectivity index (χ4v) is 7.74. The lowest BCUT2D eigenvalue weighted by atomic mass is 9.85. The van der Waals surface area contributed by atoms with E-state index in [0.29, 0.717) is 0 Å². The average molecular weight is 623 g/mol. The van der Waals surface area contributed by atoms with Gasteiger partial charge in [-0.15, -0.1) is 0 Å². The summed E-state index contributed by atoms with van der Waals surface area (Å²) < 4.78 is 6.37. The number of para-hydroxylation sites is 2. The van der Waals surface area contributed by atoms with Crippen molar-refractivity contribution in [2.24, 2.45) is 0 Å². The van der Waals surface area contributed by atoms with E-state index in [1.54, 1.807) is 0 Å². The summed E-state index contributed by atoms with van der Waals surface area (Å²) in [5.74, 6) is 0. The van der Waals surface area contributed by atoms with Crippen molar-refractivity contribution < 1.29 is 4.42 Å². The number of hydrogen-bond acceptors (Lipinski definition) is 1. The van der Waals surface area contributed by atoms with E-state index in [-0.39, 0.29) is 0 Å². The van der Waals surface area contributed by atoms with Crippen molar-refractivity contribution in [3.05, 3.63) is 182 Å². The smallest absolute Gasteiger partial charge is 0.143 e. The van der Waals surface area contributed by atoms with Crippen LogP contribution in [0.1, 0.15) is 0 Å². The molecule has 228 valence electrons. The first-order valence-electron chi connectivity index (χ1n) is 16.8. The largest absolute Gasteiger partial charge is 0.455 e. The van der Waals surface area contributed by atoms with E-state index in [2.05, 4.69) is 170 Å². The molecule has 0 aliphatic heterocycles. The molecule has 0 aliphatic carbocycles. The first-order valence-corrected chi connectivity index (χ1v) is 16.8. The molecule has 1 aromatic heterocycles. The molecule has 0 spiro atoms. The van der Waals surface area contributed by atoms with Gasteiger partial charge >= 0.3 is 0 Å². The summed E-state index contributed by atoms with van der Waals surface area (Å²) in [7, 11) is 0. The predicted molar refractivity (Wildman–Crippen MR) is 208 cm³/mol. The number of benzene rings is 9. The molecule has 0 N–H and O–H groups in total. The molecule has 0 bridgehead atoms. The Hall–Kier alpha value is -6.44. The minimum absolute atomic E-state index is 0.919. The van der Waals surface area contributed by atoms with Gasteiger partial charge in [0.25, 0.3) is 0 Å². The van der Waals surface area contributed by atoms with Crippen LogP contribution in [0.3, 0.4) is 0 Å². The molecule has 0 amide bonds. The monoisotopic (exact) mass is 622 g/mol. The summed E-state index contributed by atoms with van der Waals surface area (Å²) >= 11 is 0. The molecule has 0 saturated carbocycles. The van der Waals surface area contributed by atoms with Gasteiger partial charge in [-0.25, -0.2) is 0 Å². The van der Waals surface area contributed by atoms with Crippen LogP contribution in [-0.2, 0) is 0 Å². The van der Waals surface area contributed by atoms with Crippen LogP contribution in [0.4, 0.5) is 0 Å². The van der Waals surface area contributed by atoms with Crippen LogP contribution in [0.15, 0.2) is 186 Å². The summed E-state index contributed by atoms with van der Waals surface area (Å²) in [4.78, 5) is 0. The standard InChI is InChI=1S/C48H30O/c1-2-11-36-30-37(29-22-31(36)10-1)32-20-25-34(26-21-32)46-40-13-3-5-15-42(40)47(43-16-6-4-14-41(43)46)35-27-23-33(24-28-35)38-17-9-18-44-39-12-7-8-19-45(39)49-48(38)44/h1-30H. The Morgan fingerprint density at radius 3 is 1.39 bits per heavy atom. The zero-order chi connectivity index (χ0) is 32.3. The van der Waals surface area contributed by atoms with Gasteiger partial charge in [0.05, 0.1) is 0 Å². The van der Waals surface area contributed by atoms with E-state index in [1.165, 1.54) is 65.7 Å². The van der Waals surface area contributed by atoms with Gasteiger partial charge in [0.1, 0.15) is 11.2 Å². The molecule has 0 aliphatic rings. The maximum atomic E-state index is 6.37. The van der Waals surface area contributed by atoms with Crippen molar-refractivity contribution in [3.8, 4) is 44.5 Å². The predicted octanol–water partition coefficient (Wildman–Crippen LogP) is 13.7. The third-order valence-corrected chi connectivity index (χ3v) is 10.1. The highest BCUT2D eigenvalue weighted by atomic mass is 16.3. The van der Waals surface area contributed by atoms with Crippen molar-refractivity contribution in [1.82, 2.24) is 0 Å². The molecule has 0 saturated heterocycles. The van der Waals surface area contributed by atoms with Crippen molar-refractivity contribution >= 4 is 54.3 Å². The number of rotatable bonds is 4. The first-order chi connectivity index (χ1) is 24.3. The van der Waals surface area contributed by atoms with Gasteiger partial charge in [-0.1, -0.05) is 170 Å². The average Bonchev–Trinajstić information content (AvgIpc) is 3.56. The molecule has 0 fully saturated rings. The Morgan fingerprint density at radius 1 is 0.286 bits per heavy atom.